The lowest BCUT2D eigenvalue weighted by molar-refractivity contribution is -0.274. The minimum atomic E-state index is -4.73. The molecule has 0 atom stereocenters. The van der Waals surface area contributed by atoms with Crippen molar-refractivity contribution < 1.29 is 32.2 Å². The first-order chi connectivity index (χ1) is 16.8. The maximum atomic E-state index is 12.5. The summed E-state index contributed by atoms with van der Waals surface area (Å²) in [6, 6.07) is 13.4. The van der Waals surface area contributed by atoms with Crippen molar-refractivity contribution in [2.75, 3.05) is 13.2 Å². The van der Waals surface area contributed by atoms with E-state index in [1.54, 1.807) is 25.3 Å². The van der Waals surface area contributed by atoms with Crippen LogP contribution in [0.2, 0.25) is 0 Å². The first-order valence-corrected chi connectivity index (χ1v) is 11.5. The van der Waals surface area contributed by atoms with E-state index in [2.05, 4.69) is 9.72 Å². The minimum Gasteiger partial charge on any atom is -0.493 e. The molecule has 188 valence electrons. The van der Waals surface area contributed by atoms with Gasteiger partial charge in [0.25, 0.3) is 0 Å². The van der Waals surface area contributed by atoms with E-state index in [-0.39, 0.29) is 11.7 Å². The normalized spacial score (nSPS) is 11.3. The van der Waals surface area contributed by atoms with Gasteiger partial charge in [0.05, 0.1) is 19.8 Å². The third kappa shape index (κ3) is 8.05. The molecule has 0 saturated heterocycles. The molecule has 0 fully saturated rings. The van der Waals surface area contributed by atoms with E-state index in [0.29, 0.717) is 37.6 Å². The monoisotopic (exact) mass is 490 g/mol. The molecule has 3 aromatic rings. The molecule has 35 heavy (non-hydrogen) atoms. The molecule has 1 aromatic heterocycles. The van der Waals surface area contributed by atoms with Gasteiger partial charge >= 0.3 is 12.3 Å². The van der Waals surface area contributed by atoms with E-state index >= 15 is 0 Å². The van der Waals surface area contributed by atoms with Crippen LogP contribution in [0.15, 0.2) is 54.7 Å². The highest BCUT2D eigenvalue weighted by molar-refractivity contribution is 5.69. The largest absolute Gasteiger partial charge is 0.573 e. The smallest absolute Gasteiger partial charge is 0.493 e. The Morgan fingerprint density at radius 1 is 1.03 bits per heavy atom. The Morgan fingerprint density at radius 2 is 1.77 bits per heavy atom. The molecular weight excluding hydrogens is 461 g/mol. The summed E-state index contributed by atoms with van der Waals surface area (Å²) in [4.78, 5) is 15.9. The lowest BCUT2D eigenvalue weighted by Gasteiger charge is -2.15. The van der Waals surface area contributed by atoms with Crippen molar-refractivity contribution in [1.82, 2.24) is 9.55 Å². The Hall–Kier alpha value is -3.49. The molecule has 0 aliphatic rings. The molecule has 0 aliphatic heterocycles. The second kappa shape index (κ2) is 12.3. The molecule has 3 rings (SSSR count). The van der Waals surface area contributed by atoms with Gasteiger partial charge in [-0.05, 0) is 63.4 Å². The zero-order valence-electron chi connectivity index (χ0n) is 19.8. The van der Waals surface area contributed by atoms with Crippen LogP contribution in [0.25, 0.3) is 11.4 Å². The van der Waals surface area contributed by atoms with Gasteiger partial charge in [-0.2, -0.15) is 0 Å². The minimum absolute atomic E-state index is 0.173. The predicted molar refractivity (Wildman–Crippen MR) is 125 cm³/mol. The standard InChI is InChI=1S/C26H29F3N2O4/c1-3-33-24(32)11-5-4-8-16-34-23-10-7-6-9-21(23)18-31-19(2)17-30-25(31)20-12-14-22(15-13-20)35-26(27,28)29/h6-7,9-10,12-15,17H,3-5,8,11,16,18H2,1-2H3. The van der Waals surface area contributed by atoms with Crippen molar-refractivity contribution in [2.45, 2.75) is 52.4 Å². The average Bonchev–Trinajstić information content (AvgIpc) is 3.17. The molecule has 9 heteroatoms. The van der Waals surface area contributed by atoms with E-state index < -0.39 is 6.36 Å². The van der Waals surface area contributed by atoms with E-state index in [0.717, 1.165) is 36.3 Å². The number of ether oxygens (including phenoxy) is 3. The maximum absolute atomic E-state index is 12.5. The highest BCUT2D eigenvalue weighted by atomic mass is 19.4. The number of nitrogens with zero attached hydrogens (tertiary/aromatic N) is 2. The fourth-order valence-corrected chi connectivity index (χ4v) is 3.61. The van der Waals surface area contributed by atoms with Gasteiger partial charge in [-0.15, -0.1) is 13.2 Å². The molecule has 6 nitrogen and oxygen atoms in total. The van der Waals surface area contributed by atoms with Crippen LogP contribution in [0, 0.1) is 6.92 Å². The Bertz CT molecular complexity index is 1090. The SMILES string of the molecule is CCOC(=O)CCCCCOc1ccccc1Cn1c(C)cnc1-c1ccc(OC(F)(F)F)cc1. The number of carbonyl (C=O) groups excluding carboxylic acids is 1. The number of unbranched alkanes of at least 4 members (excludes halogenated alkanes) is 2. The van der Waals surface area contributed by atoms with Crippen molar-refractivity contribution in [3.05, 3.63) is 66.0 Å². The molecule has 0 radical (unpaired) electrons. The summed E-state index contributed by atoms with van der Waals surface area (Å²) in [5.74, 6) is 0.936. The fourth-order valence-electron chi connectivity index (χ4n) is 3.61. The van der Waals surface area contributed by atoms with Gasteiger partial charge in [0.2, 0.25) is 0 Å². The molecule has 0 saturated carbocycles. The molecular formula is C26H29F3N2O4. The van der Waals surface area contributed by atoms with Gasteiger partial charge < -0.3 is 18.8 Å². The van der Waals surface area contributed by atoms with E-state index in [1.807, 2.05) is 35.8 Å². The lowest BCUT2D eigenvalue weighted by Crippen LogP contribution is -2.17. The number of rotatable bonds is 12. The van der Waals surface area contributed by atoms with Gasteiger partial charge in [-0.25, -0.2) is 4.98 Å². The van der Waals surface area contributed by atoms with Crippen molar-refractivity contribution in [3.8, 4) is 22.9 Å². The van der Waals surface area contributed by atoms with Crippen LogP contribution < -0.4 is 9.47 Å². The number of aryl methyl sites for hydroxylation is 1. The predicted octanol–water partition coefficient (Wildman–Crippen LogP) is 6.31. The summed E-state index contributed by atoms with van der Waals surface area (Å²) in [6.45, 7) is 5.12. The van der Waals surface area contributed by atoms with Crippen LogP contribution in [0.5, 0.6) is 11.5 Å². The molecule has 2 aromatic carbocycles. The number of carbonyl (C=O) groups is 1. The molecule has 0 amide bonds. The first-order valence-electron chi connectivity index (χ1n) is 11.5. The highest BCUT2D eigenvalue weighted by Gasteiger charge is 2.31. The first kappa shape index (κ1) is 26.1. The highest BCUT2D eigenvalue weighted by Crippen LogP contribution is 2.28. The Morgan fingerprint density at radius 3 is 2.49 bits per heavy atom. The number of aromatic nitrogens is 2. The third-order valence-electron chi connectivity index (χ3n) is 5.29. The van der Waals surface area contributed by atoms with E-state index in [9.17, 15) is 18.0 Å². The number of alkyl halides is 3. The zero-order chi connectivity index (χ0) is 25.3. The van der Waals surface area contributed by atoms with Crippen LogP contribution in [0.1, 0.15) is 43.9 Å². The number of hydrogen-bond donors (Lipinski definition) is 0. The number of para-hydroxylation sites is 1. The summed E-state index contributed by atoms with van der Waals surface area (Å²) >= 11 is 0. The summed E-state index contributed by atoms with van der Waals surface area (Å²) in [5.41, 5.74) is 2.54. The lowest BCUT2D eigenvalue weighted by atomic mass is 10.1. The van der Waals surface area contributed by atoms with Crippen LogP contribution in [0.3, 0.4) is 0 Å². The summed E-state index contributed by atoms with van der Waals surface area (Å²) in [6.07, 6.45) is -0.163. The van der Waals surface area contributed by atoms with Gasteiger partial charge in [0.15, 0.2) is 0 Å². The molecule has 0 bridgehead atoms. The van der Waals surface area contributed by atoms with Crippen molar-refractivity contribution in [2.24, 2.45) is 0 Å². The number of imidazole rings is 1. The Labute approximate surface area is 202 Å². The summed E-state index contributed by atoms with van der Waals surface area (Å²) < 4.78 is 54.2. The van der Waals surface area contributed by atoms with Gasteiger partial charge in [0, 0.05) is 29.4 Å². The second-order valence-electron chi connectivity index (χ2n) is 7.95. The number of esters is 1. The number of benzene rings is 2. The molecule has 0 spiro atoms. The van der Waals surface area contributed by atoms with Crippen LogP contribution in [-0.2, 0) is 16.1 Å². The topological polar surface area (TPSA) is 62.6 Å². The van der Waals surface area contributed by atoms with Gasteiger partial charge in [-0.3, -0.25) is 4.79 Å². The molecule has 0 aliphatic carbocycles. The molecule has 0 unspecified atom stereocenters. The maximum Gasteiger partial charge on any atom is 0.573 e. The number of halogens is 3. The number of hydrogen-bond acceptors (Lipinski definition) is 5. The summed E-state index contributed by atoms with van der Waals surface area (Å²) in [5, 5.41) is 0. The quantitative estimate of drug-likeness (QED) is 0.220. The van der Waals surface area contributed by atoms with E-state index in [4.69, 9.17) is 9.47 Å². The van der Waals surface area contributed by atoms with Crippen LogP contribution in [0.4, 0.5) is 13.2 Å². The van der Waals surface area contributed by atoms with Crippen molar-refractivity contribution in [3.63, 3.8) is 0 Å². The van der Waals surface area contributed by atoms with Gasteiger partial charge in [-0.1, -0.05) is 18.2 Å². The van der Waals surface area contributed by atoms with Gasteiger partial charge in [0.1, 0.15) is 17.3 Å². The van der Waals surface area contributed by atoms with Crippen molar-refractivity contribution >= 4 is 5.97 Å². The molecule has 0 N–H and O–H groups in total. The van der Waals surface area contributed by atoms with E-state index in [1.165, 1.54) is 12.1 Å². The van der Waals surface area contributed by atoms with Crippen LogP contribution >= 0.6 is 0 Å². The zero-order valence-corrected chi connectivity index (χ0v) is 19.8. The second-order valence-corrected chi connectivity index (χ2v) is 7.95. The van der Waals surface area contributed by atoms with Crippen molar-refractivity contribution in [1.29, 1.82) is 0 Å². The summed E-state index contributed by atoms with van der Waals surface area (Å²) in [7, 11) is 0. The Kier molecular flexibility index (Phi) is 9.17. The Balaban J connectivity index is 1.63. The third-order valence-corrected chi connectivity index (χ3v) is 5.29. The fraction of sp³-hybridized carbons (Fsp3) is 0.385. The molecule has 1 heterocycles. The average molecular weight is 491 g/mol. The van der Waals surface area contributed by atoms with Crippen LogP contribution in [-0.4, -0.2) is 35.1 Å².